The highest BCUT2D eigenvalue weighted by Crippen LogP contribution is 2.31. The summed E-state index contributed by atoms with van der Waals surface area (Å²) in [5.41, 5.74) is 0.349. The van der Waals surface area contributed by atoms with Gasteiger partial charge in [-0.2, -0.15) is 0 Å². The van der Waals surface area contributed by atoms with E-state index >= 15 is 0 Å². The van der Waals surface area contributed by atoms with Gasteiger partial charge in [-0.05, 0) is 18.6 Å². The number of anilines is 1. The topological polar surface area (TPSA) is 93.0 Å². The largest absolute Gasteiger partial charge is 0.379 e. The highest BCUT2D eigenvalue weighted by atomic mass is 32.2. The molecular formula is C15H21N3O5S. The van der Waals surface area contributed by atoms with Crippen LogP contribution in [0.4, 0.5) is 11.4 Å². The van der Waals surface area contributed by atoms with E-state index in [1.54, 1.807) is 6.07 Å². The van der Waals surface area contributed by atoms with Crippen LogP contribution in [0.25, 0.3) is 0 Å². The quantitative estimate of drug-likeness (QED) is 0.585. The van der Waals surface area contributed by atoms with Gasteiger partial charge in [-0.15, -0.1) is 0 Å². The first-order chi connectivity index (χ1) is 11.4. The van der Waals surface area contributed by atoms with Crippen molar-refractivity contribution >= 4 is 21.2 Å². The fourth-order valence-electron chi connectivity index (χ4n) is 3.36. The van der Waals surface area contributed by atoms with Gasteiger partial charge >= 0.3 is 0 Å². The van der Waals surface area contributed by atoms with E-state index < -0.39 is 14.8 Å². The Morgan fingerprint density at radius 3 is 2.58 bits per heavy atom. The molecule has 0 radical (unpaired) electrons. The Kier molecular flexibility index (Phi) is 4.75. The molecular weight excluding hydrogens is 334 g/mol. The van der Waals surface area contributed by atoms with Crippen LogP contribution in [0, 0.1) is 10.1 Å². The van der Waals surface area contributed by atoms with Gasteiger partial charge in [-0.3, -0.25) is 15.0 Å². The summed E-state index contributed by atoms with van der Waals surface area (Å²) in [6.45, 7) is 4.91. The maximum atomic E-state index is 11.9. The zero-order valence-electron chi connectivity index (χ0n) is 13.6. The van der Waals surface area contributed by atoms with Crippen molar-refractivity contribution in [3.8, 4) is 0 Å². The second-order valence-corrected chi connectivity index (χ2v) is 8.20. The Labute approximate surface area is 141 Å². The second-order valence-electron chi connectivity index (χ2n) is 6.22. The standard InChI is InChI=1S/C15H21N3O5S/c1-24(21,22)15-10-12(2-3-14(15)18(19)20)17-5-4-13(11-17)16-6-8-23-9-7-16/h2-3,10,13H,4-9,11H2,1H3. The molecule has 1 atom stereocenters. The third kappa shape index (κ3) is 3.52. The Hall–Kier alpha value is -1.71. The van der Waals surface area contributed by atoms with Gasteiger partial charge in [-0.1, -0.05) is 0 Å². The van der Waals surface area contributed by atoms with Crippen molar-refractivity contribution in [1.82, 2.24) is 4.90 Å². The molecule has 2 aliphatic heterocycles. The van der Waals surface area contributed by atoms with E-state index in [-0.39, 0.29) is 10.6 Å². The summed E-state index contributed by atoms with van der Waals surface area (Å²) < 4.78 is 29.2. The van der Waals surface area contributed by atoms with Crippen LogP contribution >= 0.6 is 0 Å². The van der Waals surface area contributed by atoms with Crippen molar-refractivity contribution in [2.24, 2.45) is 0 Å². The first-order valence-corrected chi connectivity index (χ1v) is 9.80. The molecule has 0 N–H and O–H groups in total. The smallest absolute Gasteiger partial charge is 0.288 e. The van der Waals surface area contributed by atoms with Crippen molar-refractivity contribution in [1.29, 1.82) is 0 Å². The van der Waals surface area contributed by atoms with Crippen molar-refractivity contribution in [3.63, 3.8) is 0 Å². The lowest BCUT2D eigenvalue weighted by Crippen LogP contribution is -2.44. The molecule has 0 bridgehead atoms. The zero-order valence-corrected chi connectivity index (χ0v) is 14.4. The number of ether oxygens (including phenoxy) is 1. The maximum absolute atomic E-state index is 11.9. The molecule has 0 aromatic heterocycles. The minimum atomic E-state index is -3.66. The summed E-state index contributed by atoms with van der Waals surface area (Å²) in [6.07, 6.45) is 1.99. The first-order valence-electron chi connectivity index (χ1n) is 7.91. The third-order valence-corrected chi connectivity index (χ3v) is 5.76. The van der Waals surface area contributed by atoms with E-state index in [0.29, 0.717) is 6.04 Å². The van der Waals surface area contributed by atoms with E-state index in [1.165, 1.54) is 12.1 Å². The molecule has 9 heteroatoms. The van der Waals surface area contributed by atoms with Crippen LogP contribution in [-0.4, -0.2) is 69.9 Å². The Morgan fingerprint density at radius 2 is 1.96 bits per heavy atom. The Balaban J connectivity index is 1.81. The summed E-state index contributed by atoms with van der Waals surface area (Å²) in [5, 5.41) is 11.1. The predicted molar refractivity (Wildman–Crippen MR) is 89.2 cm³/mol. The van der Waals surface area contributed by atoms with Crippen molar-refractivity contribution in [2.75, 3.05) is 50.5 Å². The van der Waals surface area contributed by atoms with Gasteiger partial charge in [0.15, 0.2) is 9.84 Å². The monoisotopic (exact) mass is 355 g/mol. The fourth-order valence-corrected chi connectivity index (χ4v) is 4.22. The van der Waals surface area contributed by atoms with Gasteiger partial charge in [0.25, 0.3) is 5.69 Å². The molecule has 0 saturated carbocycles. The van der Waals surface area contributed by atoms with E-state index in [1.807, 2.05) is 0 Å². The number of benzene rings is 1. The van der Waals surface area contributed by atoms with Crippen LogP contribution in [0.5, 0.6) is 0 Å². The van der Waals surface area contributed by atoms with Crippen molar-refractivity contribution in [2.45, 2.75) is 17.4 Å². The van der Waals surface area contributed by atoms with Crippen LogP contribution in [-0.2, 0) is 14.6 Å². The number of nitro groups is 1. The predicted octanol–water partition coefficient (Wildman–Crippen LogP) is 0.909. The average Bonchev–Trinajstić information content (AvgIpc) is 3.04. The molecule has 0 aliphatic carbocycles. The molecule has 8 nitrogen and oxygen atoms in total. The molecule has 3 rings (SSSR count). The van der Waals surface area contributed by atoms with Crippen LogP contribution in [0.15, 0.2) is 23.1 Å². The molecule has 2 aliphatic rings. The molecule has 1 unspecified atom stereocenters. The van der Waals surface area contributed by atoms with Crippen LogP contribution < -0.4 is 4.90 Å². The van der Waals surface area contributed by atoms with Gasteiger partial charge in [0.2, 0.25) is 0 Å². The van der Waals surface area contributed by atoms with Gasteiger partial charge in [0.1, 0.15) is 4.90 Å². The number of nitro benzene ring substituents is 1. The van der Waals surface area contributed by atoms with Gasteiger partial charge in [0, 0.05) is 50.2 Å². The van der Waals surface area contributed by atoms with Crippen LogP contribution in [0.2, 0.25) is 0 Å². The SMILES string of the molecule is CS(=O)(=O)c1cc(N2CCC(N3CCOCC3)C2)ccc1[N+](=O)[O-]. The molecule has 0 spiro atoms. The highest BCUT2D eigenvalue weighted by Gasteiger charge is 2.30. The lowest BCUT2D eigenvalue weighted by atomic mass is 10.2. The number of sulfone groups is 1. The molecule has 2 heterocycles. The maximum Gasteiger partial charge on any atom is 0.288 e. The van der Waals surface area contributed by atoms with E-state index in [0.717, 1.165) is 57.8 Å². The summed E-state index contributed by atoms with van der Waals surface area (Å²) in [5.74, 6) is 0. The van der Waals surface area contributed by atoms with Crippen LogP contribution in [0.3, 0.4) is 0 Å². The van der Waals surface area contributed by atoms with Gasteiger partial charge in [0.05, 0.1) is 18.1 Å². The number of rotatable bonds is 4. The number of morpholine rings is 1. The summed E-state index contributed by atoms with van der Waals surface area (Å²) in [7, 11) is -3.66. The lowest BCUT2D eigenvalue weighted by molar-refractivity contribution is -0.387. The molecule has 24 heavy (non-hydrogen) atoms. The molecule has 132 valence electrons. The number of nitrogens with zero attached hydrogens (tertiary/aromatic N) is 3. The molecule has 2 saturated heterocycles. The molecule has 0 amide bonds. The van der Waals surface area contributed by atoms with Gasteiger partial charge in [-0.25, -0.2) is 8.42 Å². The minimum Gasteiger partial charge on any atom is -0.379 e. The normalized spacial score (nSPS) is 22.7. The highest BCUT2D eigenvalue weighted by molar-refractivity contribution is 7.90. The lowest BCUT2D eigenvalue weighted by Gasteiger charge is -2.32. The Bertz CT molecular complexity index is 731. The number of hydrogen-bond acceptors (Lipinski definition) is 7. The molecule has 2 fully saturated rings. The van der Waals surface area contributed by atoms with Gasteiger partial charge < -0.3 is 9.64 Å². The Morgan fingerprint density at radius 1 is 1.25 bits per heavy atom. The summed E-state index contributed by atoms with van der Waals surface area (Å²) >= 11 is 0. The van der Waals surface area contributed by atoms with Crippen molar-refractivity contribution in [3.05, 3.63) is 28.3 Å². The fraction of sp³-hybridized carbons (Fsp3) is 0.600. The van der Waals surface area contributed by atoms with E-state index in [2.05, 4.69) is 9.80 Å². The molecule has 1 aromatic carbocycles. The second kappa shape index (κ2) is 6.66. The average molecular weight is 355 g/mol. The molecule has 1 aromatic rings. The number of hydrogen-bond donors (Lipinski definition) is 0. The summed E-state index contributed by atoms with van der Waals surface area (Å²) in [6, 6.07) is 4.75. The zero-order chi connectivity index (χ0) is 17.3. The van der Waals surface area contributed by atoms with Crippen LogP contribution in [0.1, 0.15) is 6.42 Å². The first kappa shape index (κ1) is 17.1. The van der Waals surface area contributed by atoms with Crippen molar-refractivity contribution < 1.29 is 18.1 Å². The summed E-state index contributed by atoms with van der Waals surface area (Å²) in [4.78, 5) is 14.7. The third-order valence-electron chi connectivity index (χ3n) is 4.63. The van der Waals surface area contributed by atoms with E-state index in [4.69, 9.17) is 4.74 Å². The minimum absolute atomic E-state index is 0.222. The van der Waals surface area contributed by atoms with E-state index in [9.17, 15) is 18.5 Å².